The fraction of sp³-hybridized carbons (Fsp3) is 0.292. The molecule has 0 unspecified atom stereocenters. The summed E-state index contributed by atoms with van der Waals surface area (Å²) in [5.74, 6) is 1.44. The molecule has 0 aliphatic heterocycles. The predicted molar refractivity (Wildman–Crippen MR) is 258 cm³/mol. The number of methoxy groups -OCH3 is 2. The second-order valence-corrected chi connectivity index (χ2v) is 15.5. The molecule has 0 radical (unpaired) electrons. The number of rotatable bonds is 19. The largest absolute Gasteiger partial charge is 0.481 e. The normalized spacial score (nSPS) is 10.7. The summed E-state index contributed by atoms with van der Waals surface area (Å²) in [7, 11) is 7.07. The molecule has 20 nitrogen and oxygen atoms in total. The van der Waals surface area contributed by atoms with Gasteiger partial charge < -0.3 is 30.1 Å². The topological polar surface area (TPSA) is 260 Å². The van der Waals surface area contributed by atoms with Gasteiger partial charge in [-0.1, -0.05) is 34.6 Å². The average molecular weight is 923 g/mol. The highest BCUT2D eigenvalue weighted by Crippen LogP contribution is 2.18. The Kier molecular flexibility index (Phi) is 18.9. The molecule has 7 aromatic rings. The van der Waals surface area contributed by atoms with E-state index >= 15 is 0 Å². The van der Waals surface area contributed by atoms with Crippen LogP contribution in [-0.4, -0.2) is 89.6 Å². The first kappa shape index (κ1) is 50.6. The third-order valence-electron chi connectivity index (χ3n) is 10.5. The van der Waals surface area contributed by atoms with Crippen molar-refractivity contribution in [2.75, 3.05) is 33.9 Å². The number of nitrogens with zero attached hydrogens (tertiary/aromatic N) is 12. The summed E-state index contributed by atoms with van der Waals surface area (Å²) in [5, 5.41) is 12.8. The SMILES string of the molecule is C#CC(N)=O.COc1cc(CN(CCCN=[N+]=[N-])Cc2cn(C)c3ccccc3c2=O)ccn1.COc1cc(CN(CCCn2cc(C(N)=O)nn2)Cc2cn(C)c3ccccc3c2=O)ccn1. The van der Waals surface area contributed by atoms with Gasteiger partial charge in [0.1, 0.15) is 0 Å². The van der Waals surface area contributed by atoms with Crippen LogP contribution in [0.5, 0.6) is 11.8 Å². The van der Waals surface area contributed by atoms with Crippen molar-refractivity contribution in [3.8, 4) is 24.1 Å². The number of carbonyl (C=O) groups excluding carboxylic acids is 2. The number of pyridine rings is 4. The number of ether oxygens (including phenoxy) is 2. The van der Waals surface area contributed by atoms with E-state index in [1.807, 2.05) is 108 Å². The molecule has 2 amide bonds. The summed E-state index contributed by atoms with van der Waals surface area (Å²) in [6.07, 6.45) is 14.7. The van der Waals surface area contributed by atoms with Crippen LogP contribution in [-0.2, 0) is 51.6 Å². The van der Waals surface area contributed by atoms with Crippen molar-refractivity contribution in [2.45, 2.75) is 45.6 Å². The van der Waals surface area contributed by atoms with Crippen molar-refractivity contribution in [2.24, 2.45) is 30.7 Å². The highest BCUT2D eigenvalue weighted by molar-refractivity contribution is 5.91. The molecular weight excluding hydrogens is 869 g/mol. The second kappa shape index (κ2) is 25.4. The molecule has 352 valence electrons. The zero-order chi connectivity index (χ0) is 49.0. The first-order valence-electron chi connectivity index (χ1n) is 21.4. The number of aromatic nitrogens is 7. The molecule has 20 heteroatoms. The molecule has 0 saturated heterocycles. The molecule has 0 aliphatic rings. The summed E-state index contributed by atoms with van der Waals surface area (Å²) in [6.45, 7) is 4.58. The van der Waals surface area contributed by atoms with Crippen LogP contribution in [0.4, 0.5) is 0 Å². The Balaban J connectivity index is 0.000000234. The van der Waals surface area contributed by atoms with Crippen LogP contribution >= 0.6 is 0 Å². The van der Waals surface area contributed by atoms with Gasteiger partial charge >= 0.3 is 0 Å². The molecule has 0 atom stereocenters. The number of nitrogens with two attached hydrogens (primary N) is 2. The second-order valence-electron chi connectivity index (χ2n) is 15.5. The van der Waals surface area contributed by atoms with E-state index in [9.17, 15) is 19.2 Å². The molecule has 4 N–H and O–H groups in total. The van der Waals surface area contributed by atoms with Crippen LogP contribution in [0.15, 0.2) is 118 Å². The van der Waals surface area contributed by atoms with Crippen LogP contribution in [0.1, 0.15) is 45.6 Å². The minimum absolute atomic E-state index is 0.0355. The van der Waals surface area contributed by atoms with E-state index in [0.717, 1.165) is 39.7 Å². The Morgan fingerprint density at radius 3 is 1.69 bits per heavy atom. The lowest BCUT2D eigenvalue weighted by atomic mass is 10.1. The van der Waals surface area contributed by atoms with Crippen LogP contribution in [0.3, 0.4) is 0 Å². The maximum Gasteiger partial charge on any atom is 0.293 e. The zero-order valence-electron chi connectivity index (χ0n) is 38.4. The molecule has 68 heavy (non-hydrogen) atoms. The number of aryl methyl sites for hydroxylation is 3. The summed E-state index contributed by atoms with van der Waals surface area (Å²) >= 11 is 0. The van der Waals surface area contributed by atoms with E-state index in [2.05, 4.69) is 52.3 Å². The number of hydrogen-bond acceptors (Lipinski definition) is 13. The number of primary amides is 2. The lowest BCUT2D eigenvalue weighted by Crippen LogP contribution is -2.28. The van der Waals surface area contributed by atoms with Crippen molar-refractivity contribution in [1.82, 2.24) is 43.9 Å². The minimum Gasteiger partial charge on any atom is -0.481 e. The van der Waals surface area contributed by atoms with E-state index in [1.54, 1.807) is 43.4 Å². The van der Waals surface area contributed by atoms with E-state index in [0.29, 0.717) is 81.3 Å². The van der Waals surface area contributed by atoms with Gasteiger partial charge in [-0.25, -0.2) is 9.97 Å². The van der Waals surface area contributed by atoms with Gasteiger partial charge in [-0.05, 0) is 78.4 Å². The molecule has 2 aromatic carbocycles. The third kappa shape index (κ3) is 14.6. The van der Waals surface area contributed by atoms with Gasteiger partial charge in [0, 0.05) is 124 Å². The maximum atomic E-state index is 13.2. The standard InChI is InChI=1S/C24H27N7O3.C21H24N6O2.C3H3NO/c1-29-14-18(23(32)19-6-3-4-7-21(19)29)15-30(13-17-8-9-26-22(12-17)34-2)10-5-11-31-16-20(24(25)33)27-28-31;1-26-14-17(21(28)18-6-3-4-7-19(18)26)15-27(11-5-9-24-25-22)13-16-8-10-23-20(12-16)29-2;1-2-3(4)5/h3-4,6-9,12,14,16H,5,10-11,13,15H2,1-2H3,(H2,25,33);3-4,6-8,10,12,14H,5,9,11,13,15H2,1-2H3;1H,(H2,4,5). The van der Waals surface area contributed by atoms with Crippen LogP contribution in [0.25, 0.3) is 32.2 Å². The first-order chi connectivity index (χ1) is 32.8. The molecule has 5 aromatic heterocycles. The van der Waals surface area contributed by atoms with Gasteiger partial charge in [0.05, 0.1) is 31.4 Å². The van der Waals surface area contributed by atoms with Gasteiger partial charge in [-0.2, -0.15) is 0 Å². The predicted octanol–water partition coefficient (Wildman–Crippen LogP) is 4.47. The number of hydrogen-bond donors (Lipinski definition) is 2. The first-order valence-corrected chi connectivity index (χ1v) is 21.4. The van der Waals surface area contributed by atoms with E-state index in [1.165, 1.54) is 0 Å². The van der Waals surface area contributed by atoms with Crippen LogP contribution in [0, 0.1) is 12.3 Å². The minimum atomic E-state index is -0.718. The number of para-hydroxylation sites is 2. The zero-order valence-corrected chi connectivity index (χ0v) is 38.4. The van der Waals surface area contributed by atoms with Crippen molar-refractivity contribution in [1.29, 1.82) is 0 Å². The fourth-order valence-electron chi connectivity index (χ4n) is 7.38. The van der Waals surface area contributed by atoms with Gasteiger partial charge in [-0.3, -0.25) is 33.7 Å². The van der Waals surface area contributed by atoms with E-state index in [4.69, 9.17) is 20.7 Å². The molecule has 0 aliphatic carbocycles. The Labute approximate surface area is 392 Å². The van der Waals surface area contributed by atoms with Crippen molar-refractivity contribution in [3.05, 3.63) is 163 Å². The number of azide groups is 1. The molecule has 0 bridgehead atoms. The fourth-order valence-corrected chi connectivity index (χ4v) is 7.38. The highest BCUT2D eigenvalue weighted by atomic mass is 16.5. The lowest BCUT2D eigenvalue weighted by molar-refractivity contribution is -0.112. The molecule has 0 saturated carbocycles. The average Bonchev–Trinajstić information content (AvgIpc) is 3.83. The number of terminal acetylenes is 1. The highest BCUT2D eigenvalue weighted by Gasteiger charge is 2.16. The lowest BCUT2D eigenvalue weighted by Gasteiger charge is -2.23. The van der Waals surface area contributed by atoms with Gasteiger partial charge in [0.15, 0.2) is 16.6 Å². The summed E-state index contributed by atoms with van der Waals surface area (Å²) in [5.41, 5.74) is 23.7. The molecule has 7 rings (SSSR count). The maximum absolute atomic E-state index is 13.2. The summed E-state index contributed by atoms with van der Waals surface area (Å²) in [4.78, 5) is 62.3. The van der Waals surface area contributed by atoms with Gasteiger partial charge in [0.25, 0.3) is 11.8 Å². The Bertz CT molecular complexity index is 3040. The van der Waals surface area contributed by atoms with Gasteiger partial charge in [0.2, 0.25) is 11.8 Å². The van der Waals surface area contributed by atoms with Crippen LogP contribution < -0.4 is 31.8 Å². The van der Waals surface area contributed by atoms with Crippen LogP contribution in [0.2, 0.25) is 0 Å². The van der Waals surface area contributed by atoms with Crippen molar-refractivity contribution < 1.29 is 19.1 Å². The smallest absolute Gasteiger partial charge is 0.293 e. The number of benzene rings is 2. The van der Waals surface area contributed by atoms with Crippen molar-refractivity contribution >= 4 is 33.6 Å². The number of fused-ring (bicyclic) bond motifs is 2. The quantitative estimate of drug-likeness (QED) is 0.0374. The number of carbonyl (C=O) groups is 2. The number of amides is 2. The van der Waals surface area contributed by atoms with Crippen molar-refractivity contribution in [3.63, 3.8) is 0 Å². The Morgan fingerprint density at radius 2 is 1.25 bits per heavy atom. The van der Waals surface area contributed by atoms with E-state index < -0.39 is 11.8 Å². The Morgan fingerprint density at radius 1 is 0.765 bits per heavy atom. The molecule has 0 fully saturated rings. The van der Waals surface area contributed by atoms with E-state index in [-0.39, 0.29) is 16.6 Å². The summed E-state index contributed by atoms with van der Waals surface area (Å²) in [6, 6.07) is 22.9. The third-order valence-corrected chi connectivity index (χ3v) is 10.5. The molecule has 5 heterocycles. The molecule has 0 spiro atoms. The molecular formula is C48H54N14O6. The Hall–Kier alpha value is -8.37. The monoisotopic (exact) mass is 922 g/mol. The summed E-state index contributed by atoms with van der Waals surface area (Å²) < 4.78 is 16.0. The van der Waals surface area contributed by atoms with Gasteiger partial charge in [-0.15, -0.1) is 11.5 Å².